The quantitative estimate of drug-likeness (QED) is 0.917. The number of carbonyl (C=O) groups is 1. The van der Waals surface area contributed by atoms with Crippen molar-refractivity contribution in [2.45, 2.75) is 45.7 Å². The molecule has 1 aliphatic heterocycles. The van der Waals surface area contributed by atoms with E-state index in [-0.39, 0.29) is 6.03 Å². The van der Waals surface area contributed by atoms with E-state index < -0.39 is 0 Å². The van der Waals surface area contributed by atoms with Gasteiger partial charge in [-0.2, -0.15) is 0 Å². The van der Waals surface area contributed by atoms with Gasteiger partial charge in [-0.05, 0) is 50.8 Å². The van der Waals surface area contributed by atoms with Gasteiger partial charge in [0.15, 0.2) is 0 Å². The van der Waals surface area contributed by atoms with Crippen molar-refractivity contribution in [1.29, 1.82) is 0 Å². The normalized spacial score (nSPS) is 18.7. The molecule has 110 valence electrons. The monoisotopic (exact) mass is 276 g/mol. The summed E-state index contributed by atoms with van der Waals surface area (Å²) in [6.45, 7) is 6.19. The van der Waals surface area contributed by atoms with Gasteiger partial charge in [-0.15, -0.1) is 0 Å². The van der Waals surface area contributed by atoms with E-state index in [1.165, 1.54) is 6.42 Å². The van der Waals surface area contributed by atoms with Gasteiger partial charge in [-0.3, -0.25) is 0 Å². The van der Waals surface area contributed by atoms with E-state index in [9.17, 15) is 4.79 Å². The minimum absolute atomic E-state index is 0.0473. The molecule has 1 aliphatic rings. The number of likely N-dealkylation sites (tertiary alicyclic amines) is 1. The van der Waals surface area contributed by atoms with Crippen LogP contribution in [0.1, 0.15) is 38.7 Å². The summed E-state index contributed by atoms with van der Waals surface area (Å²) in [4.78, 5) is 14.1. The second kappa shape index (κ2) is 7.17. The van der Waals surface area contributed by atoms with Crippen LogP contribution in [0.25, 0.3) is 0 Å². The van der Waals surface area contributed by atoms with Crippen molar-refractivity contribution in [1.82, 2.24) is 10.2 Å². The fourth-order valence-electron chi connectivity index (χ4n) is 2.55. The third kappa shape index (κ3) is 3.89. The number of benzene rings is 1. The number of ether oxygens (including phenoxy) is 1. The van der Waals surface area contributed by atoms with Crippen LogP contribution in [0, 0.1) is 0 Å². The Hall–Kier alpha value is -1.71. The molecule has 20 heavy (non-hydrogen) atoms. The van der Waals surface area contributed by atoms with E-state index in [0.29, 0.717) is 19.2 Å². The summed E-state index contributed by atoms with van der Waals surface area (Å²) in [7, 11) is 0. The molecule has 1 saturated heterocycles. The van der Waals surface area contributed by atoms with E-state index in [1.54, 1.807) is 0 Å². The molecule has 0 spiro atoms. The van der Waals surface area contributed by atoms with E-state index >= 15 is 0 Å². The summed E-state index contributed by atoms with van der Waals surface area (Å²) in [5, 5.41) is 3.00. The lowest BCUT2D eigenvalue weighted by atomic mass is 10.0. The summed E-state index contributed by atoms with van der Waals surface area (Å²) in [6, 6.07) is 8.26. The molecule has 0 bridgehead atoms. The van der Waals surface area contributed by atoms with E-state index in [0.717, 1.165) is 30.7 Å². The Morgan fingerprint density at radius 3 is 2.75 bits per heavy atom. The molecule has 1 N–H and O–H groups in total. The molecule has 1 unspecified atom stereocenters. The molecule has 1 aromatic rings. The number of carbonyl (C=O) groups excluding carboxylic acids is 1. The molecule has 0 saturated carbocycles. The minimum atomic E-state index is 0.0473. The second-order valence-corrected chi connectivity index (χ2v) is 5.27. The van der Waals surface area contributed by atoms with Crippen LogP contribution in [0.2, 0.25) is 0 Å². The first kappa shape index (κ1) is 14.7. The molecule has 4 heteroatoms. The van der Waals surface area contributed by atoms with E-state index in [4.69, 9.17) is 4.74 Å². The van der Waals surface area contributed by atoms with Crippen LogP contribution in [0.5, 0.6) is 5.75 Å². The fourth-order valence-corrected chi connectivity index (χ4v) is 2.55. The first-order valence-corrected chi connectivity index (χ1v) is 7.47. The maximum absolute atomic E-state index is 12.1. The summed E-state index contributed by atoms with van der Waals surface area (Å²) < 4.78 is 5.40. The topological polar surface area (TPSA) is 41.6 Å². The summed E-state index contributed by atoms with van der Waals surface area (Å²) in [6.07, 6.45) is 3.45. The molecule has 1 heterocycles. The molecular weight excluding hydrogens is 252 g/mol. The molecule has 1 atom stereocenters. The standard InChI is InChI=1S/C16H24N2O2/c1-3-20-15-9-7-14(8-10-15)12-17-16(19)18-11-5-4-6-13(18)2/h7-10,13H,3-6,11-12H2,1-2H3,(H,17,19). The van der Waals surface area contributed by atoms with Crippen LogP contribution in [-0.2, 0) is 6.54 Å². The van der Waals surface area contributed by atoms with Gasteiger partial charge in [-0.25, -0.2) is 4.79 Å². The predicted molar refractivity (Wildman–Crippen MR) is 79.9 cm³/mol. The molecule has 2 rings (SSSR count). The Balaban J connectivity index is 1.83. The highest BCUT2D eigenvalue weighted by molar-refractivity contribution is 5.74. The Morgan fingerprint density at radius 2 is 2.10 bits per heavy atom. The smallest absolute Gasteiger partial charge is 0.317 e. The highest BCUT2D eigenvalue weighted by atomic mass is 16.5. The van der Waals surface area contributed by atoms with Crippen LogP contribution in [0.3, 0.4) is 0 Å². The van der Waals surface area contributed by atoms with Gasteiger partial charge in [0.25, 0.3) is 0 Å². The molecule has 1 fully saturated rings. The first-order chi connectivity index (χ1) is 9.70. The predicted octanol–water partition coefficient (Wildman–Crippen LogP) is 3.17. The maximum Gasteiger partial charge on any atom is 0.317 e. The zero-order chi connectivity index (χ0) is 14.4. The van der Waals surface area contributed by atoms with Crippen LogP contribution >= 0.6 is 0 Å². The summed E-state index contributed by atoms with van der Waals surface area (Å²) in [5.41, 5.74) is 1.09. The molecular formula is C16H24N2O2. The zero-order valence-corrected chi connectivity index (χ0v) is 12.4. The average molecular weight is 276 g/mol. The van der Waals surface area contributed by atoms with Gasteiger partial charge in [-0.1, -0.05) is 12.1 Å². The van der Waals surface area contributed by atoms with Crippen molar-refractivity contribution < 1.29 is 9.53 Å². The number of nitrogens with one attached hydrogen (secondary N) is 1. The third-order valence-electron chi connectivity index (χ3n) is 3.74. The van der Waals surface area contributed by atoms with Crippen molar-refractivity contribution in [3.8, 4) is 5.75 Å². The van der Waals surface area contributed by atoms with E-state index in [1.807, 2.05) is 36.1 Å². The van der Waals surface area contributed by atoms with Crippen LogP contribution < -0.4 is 10.1 Å². The fraction of sp³-hybridized carbons (Fsp3) is 0.562. The molecule has 0 radical (unpaired) electrons. The second-order valence-electron chi connectivity index (χ2n) is 5.27. The SMILES string of the molecule is CCOc1ccc(CNC(=O)N2CCCCC2C)cc1. The van der Waals surface area contributed by atoms with Gasteiger partial charge in [0.05, 0.1) is 6.61 Å². The number of nitrogens with zero attached hydrogens (tertiary/aromatic N) is 1. The Bertz CT molecular complexity index is 431. The largest absolute Gasteiger partial charge is 0.494 e. The summed E-state index contributed by atoms with van der Waals surface area (Å²) in [5.74, 6) is 0.868. The molecule has 0 aromatic heterocycles. The number of rotatable bonds is 4. The molecule has 2 amide bonds. The molecule has 4 nitrogen and oxygen atoms in total. The highest BCUT2D eigenvalue weighted by Gasteiger charge is 2.22. The Labute approximate surface area is 121 Å². The van der Waals surface area contributed by atoms with Gasteiger partial charge in [0.1, 0.15) is 5.75 Å². The van der Waals surface area contributed by atoms with Crippen molar-refractivity contribution in [2.75, 3.05) is 13.2 Å². The number of piperidine rings is 1. The maximum atomic E-state index is 12.1. The summed E-state index contributed by atoms with van der Waals surface area (Å²) >= 11 is 0. The lowest BCUT2D eigenvalue weighted by molar-refractivity contribution is 0.158. The van der Waals surface area contributed by atoms with Gasteiger partial charge < -0.3 is 15.0 Å². The zero-order valence-electron chi connectivity index (χ0n) is 12.4. The number of urea groups is 1. The van der Waals surface area contributed by atoms with Crippen molar-refractivity contribution in [3.05, 3.63) is 29.8 Å². The lowest BCUT2D eigenvalue weighted by Crippen LogP contribution is -2.47. The van der Waals surface area contributed by atoms with Gasteiger partial charge >= 0.3 is 6.03 Å². The number of hydrogen-bond acceptors (Lipinski definition) is 2. The molecule has 1 aromatic carbocycles. The van der Waals surface area contributed by atoms with Crippen molar-refractivity contribution in [2.24, 2.45) is 0 Å². The van der Waals surface area contributed by atoms with Gasteiger partial charge in [0.2, 0.25) is 0 Å². The Kier molecular flexibility index (Phi) is 5.27. The van der Waals surface area contributed by atoms with Crippen molar-refractivity contribution in [3.63, 3.8) is 0 Å². The van der Waals surface area contributed by atoms with Crippen LogP contribution in [0.4, 0.5) is 4.79 Å². The third-order valence-corrected chi connectivity index (χ3v) is 3.74. The Morgan fingerprint density at radius 1 is 1.35 bits per heavy atom. The van der Waals surface area contributed by atoms with E-state index in [2.05, 4.69) is 12.2 Å². The first-order valence-electron chi connectivity index (χ1n) is 7.47. The highest BCUT2D eigenvalue weighted by Crippen LogP contribution is 2.16. The van der Waals surface area contributed by atoms with Crippen molar-refractivity contribution >= 4 is 6.03 Å². The number of amides is 2. The molecule has 0 aliphatic carbocycles. The van der Waals surface area contributed by atoms with Gasteiger partial charge in [0, 0.05) is 19.1 Å². The number of hydrogen-bond donors (Lipinski definition) is 1. The minimum Gasteiger partial charge on any atom is -0.494 e. The lowest BCUT2D eigenvalue weighted by Gasteiger charge is -2.33. The van der Waals surface area contributed by atoms with Crippen LogP contribution in [0.15, 0.2) is 24.3 Å². The van der Waals surface area contributed by atoms with Crippen LogP contribution in [-0.4, -0.2) is 30.1 Å². The average Bonchev–Trinajstić information content (AvgIpc) is 2.47.